The number of furan rings is 1. The van der Waals surface area contributed by atoms with Crippen molar-refractivity contribution in [3.05, 3.63) is 59.1 Å². The first-order valence-electron chi connectivity index (χ1n) is 8.16. The van der Waals surface area contributed by atoms with E-state index >= 15 is 0 Å². The zero-order valence-corrected chi connectivity index (χ0v) is 13.3. The molecule has 0 bridgehead atoms. The quantitative estimate of drug-likeness (QED) is 0.928. The van der Waals surface area contributed by atoms with Crippen LogP contribution in [-0.4, -0.2) is 17.7 Å². The van der Waals surface area contributed by atoms with Crippen LogP contribution in [0.2, 0.25) is 0 Å². The van der Waals surface area contributed by atoms with E-state index < -0.39 is 17.7 Å². The average Bonchev–Trinajstić information content (AvgIpc) is 3.26. The van der Waals surface area contributed by atoms with Crippen molar-refractivity contribution in [3.63, 3.8) is 0 Å². The number of halogens is 2. The van der Waals surface area contributed by atoms with Gasteiger partial charge in [-0.2, -0.15) is 0 Å². The highest BCUT2D eigenvalue weighted by Crippen LogP contribution is 2.31. The molecule has 2 heterocycles. The molecule has 1 aromatic heterocycles. The molecular weight excluding hydrogens is 330 g/mol. The first-order chi connectivity index (χ1) is 12.1. The summed E-state index contributed by atoms with van der Waals surface area (Å²) in [5, 5.41) is 6.70. The van der Waals surface area contributed by atoms with Crippen LogP contribution in [0.1, 0.15) is 42.2 Å². The minimum atomic E-state index is -0.852. The second-order valence-corrected chi connectivity index (χ2v) is 6.21. The zero-order chi connectivity index (χ0) is 17.4. The predicted molar refractivity (Wildman–Crippen MR) is 84.9 cm³/mol. The number of hydrogen-bond donors (Lipinski definition) is 1. The third-order valence-corrected chi connectivity index (χ3v) is 4.57. The summed E-state index contributed by atoms with van der Waals surface area (Å²) in [7, 11) is 0. The van der Waals surface area contributed by atoms with Crippen molar-refractivity contribution in [2.75, 3.05) is 0 Å². The van der Waals surface area contributed by atoms with E-state index in [9.17, 15) is 13.6 Å². The van der Waals surface area contributed by atoms with Gasteiger partial charge in [0.1, 0.15) is 17.4 Å². The minimum absolute atomic E-state index is 0.0186. The van der Waals surface area contributed by atoms with Gasteiger partial charge in [0.25, 0.3) is 5.91 Å². The van der Waals surface area contributed by atoms with Crippen molar-refractivity contribution in [3.8, 4) is 0 Å². The maximum Gasteiger partial charge on any atom is 0.264 e. The molecule has 0 radical (unpaired) electrons. The van der Waals surface area contributed by atoms with E-state index in [0.717, 1.165) is 48.8 Å². The van der Waals surface area contributed by atoms with Gasteiger partial charge in [0.15, 0.2) is 0 Å². The Morgan fingerprint density at radius 2 is 2.16 bits per heavy atom. The van der Waals surface area contributed by atoms with E-state index in [2.05, 4.69) is 10.5 Å². The lowest BCUT2D eigenvalue weighted by molar-refractivity contribution is -0.132. The van der Waals surface area contributed by atoms with Crippen molar-refractivity contribution in [2.45, 2.75) is 37.8 Å². The smallest absolute Gasteiger partial charge is 0.264 e. The second-order valence-electron chi connectivity index (χ2n) is 6.21. The van der Waals surface area contributed by atoms with Crippen molar-refractivity contribution in [1.82, 2.24) is 5.32 Å². The number of carbonyl (C=O) groups excluding carboxylic acids is 1. The number of fused-ring (bicyclic) bond motifs is 1. The van der Waals surface area contributed by atoms with E-state index in [4.69, 9.17) is 9.25 Å². The second kappa shape index (κ2) is 6.31. The Labute approximate surface area is 142 Å². The predicted octanol–water partition coefficient (Wildman–Crippen LogP) is 3.24. The van der Waals surface area contributed by atoms with Crippen LogP contribution in [0.4, 0.5) is 8.78 Å². The molecule has 0 unspecified atom stereocenters. The molecule has 7 heteroatoms. The third-order valence-electron chi connectivity index (χ3n) is 4.57. The summed E-state index contributed by atoms with van der Waals surface area (Å²) in [4.78, 5) is 17.6. The summed E-state index contributed by atoms with van der Waals surface area (Å²) in [6, 6.07) is 4.84. The first kappa shape index (κ1) is 15.8. The van der Waals surface area contributed by atoms with Crippen LogP contribution in [0, 0.1) is 11.6 Å². The molecule has 1 N–H and O–H groups in total. The molecule has 1 amide bonds. The fraction of sp³-hybridized carbons (Fsp3) is 0.333. The van der Waals surface area contributed by atoms with Gasteiger partial charge in [-0.25, -0.2) is 8.78 Å². The van der Waals surface area contributed by atoms with E-state index in [1.54, 1.807) is 6.26 Å². The topological polar surface area (TPSA) is 63.8 Å². The number of nitrogens with zero attached hydrogens (tertiary/aromatic N) is 1. The van der Waals surface area contributed by atoms with Gasteiger partial charge < -0.3 is 14.6 Å². The third kappa shape index (κ3) is 3.01. The number of amides is 1. The maximum atomic E-state index is 13.8. The summed E-state index contributed by atoms with van der Waals surface area (Å²) in [6.45, 7) is 0. The van der Waals surface area contributed by atoms with E-state index in [0.29, 0.717) is 0 Å². The lowest BCUT2D eigenvalue weighted by atomic mass is 9.93. The first-order valence-corrected chi connectivity index (χ1v) is 8.16. The fourth-order valence-electron chi connectivity index (χ4n) is 3.30. The zero-order valence-electron chi connectivity index (χ0n) is 13.3. The Balaban J connectivity index is 1.43. The number of oxime groups is 1. The summed E-state index contributed by atoms with van der Waals surface area (Å²) in [5.41, 5.74) is 1.23. The van der Waals surface area contributed by atoms with Crippen LogP contribution in [0.3, 0.4) is 0 Å². The van der Waals surface area contributed by atoms with Gasteiger partial charge in [-0.3, -0.25) is 4.79 Å². The normalized spacial score (nSPS) is 22.1. The van der Waals surface area contributed by atoms with E-state index in [1.807, 2.05) is 6.07 Å². The molecule has 4 rings (SSSR count). The van der Waals surface area contributed by atoms with Crippen molar-refractivity contribution in [2.24, 2.45) is 5.16 Å². The molecular formula is C18H16F2N2O3. The highest BCUT2D eigenvalue weighted by Gasteiger charge is 2.33. The Kier molecular flexibility index (Phi) is 3.99. The van der Waals surface area contributed by atoms with E-state index in [1.165, 1.54) is 0 Å². The molecule has 2 atom stereocenters. The lowest BCUT2D eigenvalue weighted by Gasteiger charge is -2.23. The molecule has 0 saturated heterocycles. The van der Waals surface area contributed by atoms with Gasteiger partial charge in [-0.15, -0.1) is 0 Å². The Morgan fingerprint density at radius 3 is 3.04 bits per heavy atom. The lowest BCUT2D eigenvalue weighted by Crippen LogP contribution is -2.38. The number of aryl methyl sites for hydroxylation is 1. The van der Waals surface area contributed by atoms with Crippen LogP contribution in [0.5, 0.6) is 0 Å². The van der Waals surface area contributed by atoms with Gasteiger partial charge >= 0.3 is 0 Å². The van der Waals surface area contributed by atoms with Gasteiger partial charge in [-0.1, -0.05) is 5.16 Å². The summed E-state index contributed by atoms with van der Waals surface area (Å²) in [6.07, 6.45) is 3.47. The summed E-state index contributed by atoms with van der Waals surface area (Å²) >= 11 is 0. The van der Waals surface area contributed by atoms with Crippen molar-refractivity contribution in [1.29, 1.82) is 0 Å². The molecule has 25 heavy (non-hydrogen) atoms. The van der Waals surface area contributed by atoms with Crippen molar-refractivity contribution >= 4 is 11.6 Å². The SMILES string of the molecule is O=C(N[C@H]1CCCc2occc21)[C@@H]1CC(c2cc(F)ccc2F)=NO1. The fourth-order valence-corrected chi connectivity index (χ4v) is 3.30. The molecule has 1 aliphatic carbocycles. The molecule has 0 fully saturated rings. The molecule has 1 aliphatic heterocycles. The molecule has 1 aromatic carbocycles. The van der Waals surface area contributed by atoms with Crippen LogP contribution in [-0.2, 0) is 16.1 Å². The highest BCUT2D eigenvalue weighted by atomic mass is 19.1. The maximum absolute atomic E-state index is 13.8. The van der Waals surface area contributed by atoms with Gasteiger partial charge in [0.05, 0.1) is 18.0 Å². The van der Waals surface area contributed by atoms with Crippen LogP contribution in [0.25, 0.3) is 0 Å². The molecule has 2 aliphatic rings. The van der Waals surface area contributed by atoms with Gasteiger partial charge in [0, 0.05) is 24.0 Å². The van der Waals surface area contributed by atoms with Gasteiger partial charge in [-0.05, 0) is 37.1 Å². The number of nitrogens with one attached hydrogen (secondary N) is 1. The van der Waals surface area contributed by atoms with Gasteiger partial charge in [0.2, 0.25) is 6.10 Å². The van der Waals surface area contributed by atoms with E-state index in [-0.39, 0.29) is 29.6 Å². The molecule has 0 saturated carbocycles. The largest absolute Gasteiger partial charge is 0.469 e. The number of benzene rings is 1. The van der Waals surface area contributed by atoms with Crippen LogP contribution >= 0.6 is 0 Å². The molecule has 5 nitrogen and oxygen atoms in total. The number of carbonyl (C=O) groups is 1. The Morgan fingerprint density at radius 1 is 1.28 bits per heavy atom. The summed E-state index contributed by atoms with van der Waals surface area (Å²) in [5.74, 6) is -0.598. The number of rotatable bonds is 3. The van der Waals surface area contributed by atoms with Crippen LogP contribution in [0.15, 0.2) is 40.1 Å². The number of hydrogen-bond acceptors (Lipinski definition) is 4. The standard InChI is InChI=1S/C18H16F2N2O3/c19-10-4-5-13(20)12(8-10)15-9-17(25-22-15)18(23)21-14-2-1-3-16-11(14)6-7-24-16/h4-8,14,17H,1-3,9H2,(H,21,23)/t14-,17-/m0/s1. The summed E-state index contributed by atoms with van der Waals surface area (Å²) < 4.78 is 32.6. The Hall–Kier alpha value is -2.70. The monoisotopic (exact) mass is 346 g/mol. The molecule has 0 spiro atoms. The van der Waals surface area contributed by atoms with Crippen LogP contribution < -0.4 is 5.32 Å². The highest BCUT2D eigenvalue weighted by molar-refractivity contribution is 6.04. The molecule has 130 valence electrons. The Bertz CT molecular complexity index is 847. The minimum Gasteiger partial charge on any atom is -0.469 e. The molecule has 2 aromatic rings. The van der Waals surface area contributed by atoms with Crippen molar-refractivity contribution < 1.29 is 22.8 Å². The average molecular weight is 346 g/mol.